The lowest BCUT2D eigenvalue weighted by atomic mass is 9.92. The summed E-state index contributed by atoms with van der Waals surface area (Å²) in [7, 11) is 0. The van der Waals surface area contributed by atoms with Crippen LogP contribution < -0.4 is 10.2 Å². The molecular formula is C19H25N5O2. The number of aliphatic hydroxyl groups is 1. The van der Waals surface area contributed by atoms with Crippen LogP contribution in [-0.4, -0.2) is 45.5 Å². The van der Waals surface area contributed by atoms with Gasteiger partial charge in [0.05, 0.1) is 31.0 Å². The average molecular weight is 355 g/mol. The summed E-state index contributed by atoms with van der Waals surface area (Å²) in [5.74, 6) is 0.710. The van der Waals surface area contributed by atoms with Gasteiger partial charge in [-0.05, 0) is 44.2 Å². The molecule has 1 unspecified atom stereocenters. The van der Waals surface area contributed by atoms with Crippen LogP contribution in [-0.2, 0) is 13.0 Å². The smallest absolute Gasteiger partial charge is 0.255 e. The zero-order valence-electron chi connectivity index (χ0n) is 14.9. The first-order valence-corrected chi connectivity index (χ1v) is 9.44. The fourth-order valence-corrected chi connectivity index (χ4v) is 4.05. The number of carbonyl (C=O) groups excluding carboxylic acids is 1. The van der Waals surface area contributed by atoms with Gasteiger partial charge in [0.1, 0.15) is 5.82 Å². The molecule has 7 nitrogen and oxygen atoms in total. The van der Waals surface area contributed by atoms with Gasteiger partial charge in [0, 0.05) is 30.5 Å². The number of hydrogen-bond donors (Lipinski definition) is 2. The molecule has 2 aromatic rings. The molecule has 1 aliphatic carbocycles. The van der Waals surface area contributed by atoms with Crippen LogP contribution in [0, 0.1) is 0 Å². The van der Waals surface area contributed by atoms with Gasteiger partial charge in [-0.1, -0.05) is 0 Å². The van der Waals surface area contributed by atoms with E-state index in [-0.39, 0.29) is 18.6 Å². The first kappa shape index (κ1) is 17.0. The highest BCUT2D eigenvalue weighted by Crippen LogP contribution is 2.30. The molecule has 2 aromatic heterocycles. The third kappa shape index (κ3) is 3.19. The Labute approximate surface area is 153 Å². The van der Waals surface area contributed by atoms with Crippen LogP contribution in [0.3, 0.4) is 0 Å². The summed E-state index contributed by atoms with van der Waals surface area (Å²) in [6.07, 6.45) is 8.72. The molecule has 1 amide bonds. The highest BCUT2D eigenvalue weighted by molar-refractivity contribution is 5.99. The van der Waals surface area contributed by atoms with E-state index in [2.05, 4.69) is 20.3 Å². The highest BCUT2D eigenvalue weighted by Gasteiger charge is 2.27. The number of nitrogens with one attached hydrogen (secondary N) is 1. The van der Waals surface area contributed by atoms with E-state index in [0.29, 0.717) is 12.1 Å². The van der Waals surface area contributed by atoms with Crippen molar-refractivity contribution in [2.75, 3.05) is 24.6 Å². The van der Waals surface area contributed by atoms with Gasteiger partial charge in [0.15, 0.2) is 0 Å². The molecule has 0 bridgehead atoms. The largest absolute Gasteiger partial charge is 0.394 e. The second-order valence-electron chi connectivity index (χ2n) is 6.98. The number of nitrogens with zero attached hydrogens (tertiary/aromatic N) is 4. The summed E-state index contributed by atoms with van der Waals surface area (Å²) < 4.78 is 1.85. The molecule has 0 aromatic carbocycles. The number of amides is 1. The van der Waals surface area contributed by atoms with Gasteiger partial charge in [0.2, 0.25) is 0 Å². The molecule has 1 aliphatic heterocycles. The second-order valence-corrected chi connectivity index (χ2v) is 6.98. The molecule has 2 aliphatic rings. The van der Waals surface area contributed by atoms with Crippen molar-refractivity contribution in [2.24, 2.45) is 0 Å². The van der Waals surface area contributed by atoms with Crippen molar-refractivity contribution in [2.45, 2.75) is 44.7 Å². The van der Waals surface area contributed by atoms with Crippen molar-refractivity contribution in [1.29, 1.82) is 0 Å². The quantitative estimate of drug-likeness (QED) is 0.853. The summed E-state index contributed by atoms with van der Waals surface area (Å²) in [4.78, 5) is 19.7. The molecule has 1 fully saturated rings. The van der Waals surface area contributed by atoms with Gasteiger partial charge in [-0.3, -0.25) is 9.48 Å². The topological polar surface area (TPSA) is 83.3 Å². The number of rotatable bonds is 5. The van der Waals surface area contributed by atoms with Crippen molar-refractivity contribution >= 4 is 11.7 Å². The molecule has 138 valence electrons. The summed E-state index contributed by atoms with van der Waals surface area (Å²) in [5, 5.41) is 16.8. The lowest BCUT2D eigenvalue weighted by Crippen LogP contribution is -2.33. The molecule has 4 rings (SSSR count). The van der Waals surface area contributed by atoms with E-state index in [1.54, 1.807) is 6.20 Å². The molecule has 2 N–H and O–H groups in total. The van der Waals surface area contributed by atoms with Crippen molar-refractivity contribution in [3.63, 3.8) is 0 Å². The number of hydrogen-bond acceptors (Lipinski definition) is 5. The average Bonchev–Trinajstić information content (AvgIpc) is 3.33. The van der Waals surface area contributed by atoms with Crippen molar-refractivity contribution in [3.05, 3.63) is 41.3 Å². The van der Waals surface area contributed by atoms with Crippen molar-refractivity contribution < 1.29 is 9.90 Å². The maximum atomic E-state index is 13.0. The summed E-state index contributed by atoms with van der Waals surface area (Å²) in [6, 6.07) is 3.64. The Hall–Kier alpha value is -2.41. The molecule has 0 radical (unpaired) electrons. The summed E-state index contributed by atoms with van der Waals surface area (Å²) in [5.41, 5.74) is 2.84. The van der Waals surface area contributed by atoms with Gasteiger partial charge in [-0.2, -0.15) is 5.10 Å². The van der Waals surface area contributed by atoms with Crippen LogP contribution in [0.5, 0.6) is 0 Å². The fraction of sp³-hybridized carbons (Fsp3) is 0.526. The molecule has 1 saturated heterocycles. The summed E-state index contributed by atoms with van der Waals surface area (Å²) >= 11 is 0. The Kier molecular flexibility index (Phi) is 4.88. The van der Waals surface area contributed by atoms with E-state index in [0.717, 1.165) is 62.3 Å². The Morgan fingerprint density at radius 3 is 2.96 bits per heavy atom. The van der Waals surface area contributed by atoms with Crippen LogP contribution in [0.2, 0.25) is 0 Å². The highest BCUT2D eigenvalue weighted by atomic mass is 16.3. The van der Waals surface area contributed by atoms with E-state index in [4.69, 9.17) is 0 Å². The minimum atomic E-state index is -0.0761. The normalized spacial score (nSPS) is 19.4. The SMILES string of the molecule is O=C(NC1CCCc2c1cnn2CCO)c1cccnc1N1CCCC1. The maximum Gasteiger partial charge on any atom is 0.255 e. The van der Waals surface area contributed by atoms with Gasteiger partial charge >= 0.3 is 0 Å². The van der Waals surface area contributed by atoms with E-state index >= 15 is 0 Å². The van der Waals surface area contributed by atoms with Crippen LogP contribution in [0.15, 0.2) is 24.5 Å². The minimum Gasteiger partial charge on any atom is -0.394 e. The molecular weight excluding hydrogens is 330 g/mol. The Morgan fingerprint density at radius 1 is 1.31 bits per heavy atom. The molecule has 1 atom stereocenters. The zero-order chi connectivity index (χ0) is 17.9. The van der Waals surface area contributed by atoms with Crippen LogP contribution in [0.4, 0.5) is 5.82 Å². The molecule has 0 spiro atoms. The monoisotopic (exact) mass is 355 g/mol. The van der Waals surface area contributed by atoms with Crippen molar-refractivity contribution in [1.82, 2.24) is 20.1 Å². The number of fused-ring (bicyclic) bond motifs is 1. The molecule has 0 saturated carbocycles. The van der Waals surface area contributed by atoms with E-state index < -0.39 is 0 Å². The van der Waals surface area contributed by atoms with E-state index in [9.17, 15) is 9.90 Å². The predicted octanol–water partition coefficient (Wildman–Crippen LogP) is 1.68. The van der Waals surface area contributed by atoms with Crippen LogP contribution in [0.25, 0.3) is 0 Å². The Bertz CT molecular complexity index is 782. The maximum absolute atomic E-state index is 13.0. The minimum absolute atomic E-state index is 0.0367. The van der Waals surface area contributed by atoms with Crippen molar-refractivity contribution in [3.8, 4) is 0 Å². The van der Waals surface area contributed by atoms with Crippen LogP contribution >= 0.6 is 0 Å². The number of anilines is 1. The third-order valence-electron chi connectivity index (χ3n) is 5.32. The fourth-order valence-electron chi connectivity index (χ4n) is 4.05. The first-order chi connectivity index (χ1) is 12.8. The Balaban J connectivity index is 1.55. The summed E-state index contributed by atoms with van der Waals surface area (Å²) in [6.45, 7) is 2.48. The Morgan fingerprint density at radius 2 is 2.15 bits per heavy atom. The number of aliphatic hydroxyl groups excluding tert-OH is 1. The lowest BCUT2D eigenvalue weighted by molar-refractivity contribution is 0.0932. The second kappa shape index (κ2) is 7.45. The molecule has 7 heteroatoms. The first-order valence-electron chi connectivity index (χ1n) is 9.44. The lowest BCUT2D eigenvalue weighted by Gasteiger charge is -2.25. The molecule has 3 heterocycles. The standard InChI is InChI=1S/C19H25N5O2/c25-12-11-24-17-7-3-6-16(15(17)13-21-24)22-19(26)14-5-4-8-20-18(14)23-9-1-2-10-23/h4-5,8,13,16,25H,1-3,6-7,9-12H2,(H,22,26). The van der Waals surface area contributed by atoms with Gasteiger partial charge in [0.25, 0.3) is 5.91 Å². The van der Waals surface area contributed by atoms with Gasteiger partial charge in [-0.25, -0.2) is 4.98 Å². The number of pyridine rings is 1. The van der Waals surface area contributed by atoms with Gasteiger partial charge in [-0.15, -0.1) is 0 Å². The third-order valence-corrected chi connectivity index (χ3v) is 5.32. The number of carbonyl (C=O) groups is 1. The van der Waals surface area contributed by atoms with Gasteiger partial charge < -0.3 is 15.3 Å². The predicted molar refractivity (Wildman–Crippen MR) is 98.1 cm³/mol. The van der Waals surface area contributed by atoms with E-state index in [1.165, 1.54) is 0 Å². The molecule has 26 heavy (non-hydrogen) atoms. The zero-order valence-corrected chi connectivity index (χ0v) is 14.9. The van der Waals surface area contributed by atoms with Crippen LogP contribution in [0.1, 0.15) is 53.3 Å². The number of aromatic nitrogens is 3. The van der Waals surface area contributed by atoms with E-state index in [1.807, 2.05) is 23.0 Å².